The number of rotatable bonds is 8. The van der Waals surface area contributed by atoms with E-state index in [1.807, 2.05) is 6.07 Å². The lowest BCUT2D eigenvalue weighted by Crippen LogP contribution is -2.37. The molecule has 0 aliphatic rings. The third-order valence-corrected chi connectivity index (χ3v) is 5.11. The molecule has 0 saturated carbocycles. The van der Waals surface area contributed by atoms with Crippen molar-refractivity contribution in [2.45, 2.75) is 45.1 Å². The van der Waals surface area contributed by atoms with Crippen molar-refractivity contribution in [2.24, 2.45) is 0 Å². The fourth-order valence-electron chi connectivity index (χ4n) is 2.82. The Hall–Kier alpha value is -0.830. The first-order chi connectivity index (χ1) is 10.2. The van der Waals surface area contributed by atoms with Gasteiger partial charge in [0, 0.05) is 10.9 Å². The van der Waals surface area contributed by atoms with Gasteiger partial charge >= 0.3 is 0 Å². The molecule has 2 rings (SSSR count). The van der Waals surface area contributed by atoms with Crippen LogP contribution in [0.15, 0.2) is 42.5 Å². The second kappa shape index (κ2) is 8.57. The summed E-state index contributed by atoms with van der Waals surface area (Å²) in [6.45, 7) is 5.56. The van der Waals surface area contributed by atoms with Crippen LogP contribution in [-0.2, 0) is 6.42 Å². The zero-order valence-electron chi connectivity index (χ0n) is 12.8. The van der Waals surface area contributed by atoms with Gasteiger partial charge in [-0.05, 0) is 49.4 Å². The zero-order valence-corrected chi connectivity index (χ0v) is 14.4. The Bertz CT molecular complexity index is 523. The maximum Gasteiger partial charge on any atom is 0.0931 e. The molecule has 1 heterocycles. The fourth-order valence-corrected chi connectivity index (χ4v) is 3.96. The number of benzene rings is 1. The van der Waals surface area contributed by atoms with Crippen molar-refractivity contribution < 1.29 is 0 Å². The van der Waals surface area contributed by atoms with Crippen LogP contribution in [0.25, 0.3) is 0 Å². The Kier molecular flexibility index (Phi) is 6.75. The van der Waals surface area contributed by atoms with Crippen molar-refractivity contribution in [1.29, 1.82) is 0 Å². The van der Waals surface area contributed by atoms with Crippen LogP contribution in [0, 0.1) is 0 Å². The van der Waals surface area contributed by atoms with Crippen LogP contribution in [0.1, 0.15) is 43.0 Å². The lowest BCUT2D eigenvalue weighted by Gasteiger charge is -2.27. The minimum atomic E-state index is 0.465. The Balaban J connectivity index is 2.16. The van der Waals surface area contributed by atoms with Gasteiger partial charge in [-0.3, -0.25) is 0 Å². The quantitative estimate of drug-likeness (QED) is 0.676. The molecule has 21 heavy (non-hydrogen) atoms. The molecule has 1 aromatic carbocycles. The van der Waals surface area contributed by atoms with Crippen molar-refractivity contribution in [3.63, 3.8) is 0 Å². The number of nitrogens with one attached hydrogen (secondary N) is 1. The molecule has 0 fully saturated rings. The highest BCUT2D eigenvalue weighted by molar-refractivity contribution is 7.16. The largest absolute Gasteiger partial charge is 0.313 e. The van der Waals surface area contributed by atoms with Gasteiger partial charge in [-0.15, -0.1) is 11.3 Å². The summed E-state index contributed by atoms with van der Waals surface area (Å²) >= 11 is 7.77. The molecule has 0 bridgehead atoms. The molecule has 0 radical (unpaired) electrons. The summed E-state index contributed by atoms with van der Waals surface area (Å²) in [6.07, 6.45) is 3.35. The van der Waals surface area contributed by atoms with E-state index in [1.165, 1.54) is 10.4 Å². The molecule has 1 N–H and O–H groups in total. The second-order valence-corrected chi connectivity index (χ2v) is 7.20. The maximum atomic E-state index is 6.08. The highest BCUT2D eigenvalue weighted by Gasteiger charge is 2.22. The predicted octanol–water partition coefficient (Wildman–Crippen LogP) is 5.51. The number of hydrogen-bond donors (Lipinski definition) is 1. The molecule has 2 unspecified atom stereocenters. The SMILES string of the molecule is CCCNC(Cc1ccc(Cl)s1)C(CC)c1ccccc1. The summed E-state index contributed by atoms with van der Waals surface area (Å²) in [6, 6.07) is 15.5. The van der Waals surface area contributed by atoms with E-state index in [0.29, 0.717) is 12.0 Å². The molecular weight excluding hydrogens is 298 g/mol. The van der Waals surface area contributed by atoms with Crippen molar-refractivity contribution in [3.05, 3.63) is 57.2 Å². The second-order valence-electron chi connectivity index (χ2n) is 5.40. The van der Waals surface area contributed by atoms with Crippen molar-refractivity contribution >= 4 is 22.9 Å². The van der Waals surface area contributed by atoms with Gasteiger partial charge in [-0.25, -0.2) is 0 Å². The number of hydrogen-bond acceptors (Lipinski definition) is 2. The van der Waals surface area contributed by atoms with Crippen LogP contribution in [-0.4, -0.2) is 12.6 Å². The molecule has 1 nitrogen and oxygen atoms in total. The van der Waals surface area contributed by atoms with E-state index < -0.39 is 0 Å². The van der Waals surface area contributed by atoms with Gasteiger partial charge in [0.1, 0.15) is 0 Å². The van der Waals surface area contributed by atoms with E-state index in [1.54, 1.807) is 11.3 Å². The molecule has 0 spiro atoms. The minimum Gasteiger partial charge on any atom is -0.313 e. The summed E-state index contributed by atoms with van der Waals surface area (Å²) in [5, 5.41) is 3.74. The molecule has 2 aromatic rings. The lowest BCUT2D eigenvalue weighted by atomic mass is 9.87. The third kappa shape index (κ3) is 4.84. The summed E-state index contributed by atoms with van der Waals surface area (Å²) in [4.78, 5) is 1.36. The standard InChI is InChI=1S/C18H24ClNS/c1-3-12-20-17(13-15-10-11-18(19)21-15)16(4-2)14-8-6-5-7-9-14/h5-11,16-17,20H,3-4,12-13H2,1-2H3. The van der Waals surface area contributed by atoms with Gasteiger partial charge in [-0.2, -0.15) is 0 Å². The molecule has 0 aliphatic heterocycles. The maximum absolute atomic E-state index is 6.08. The highest BCUT2D eigenvalue weighted by atomic mass is 35.5. The van der Waals surface area contributed by atoms with Crippen molar-refractivity contribution in [2.75, 3.05) is 6.54 Å². The summed E-state index contributed by atoms with van der Waals surface area (Å²) < 4.78 is 0.881. The average Bonchev–Trinajstić information content (AvgIpc) is 2.91. The first kappa shape index (κ1) is 16.5. The summed E-state index contributed by atoms with van der Waals surface area (Å²) in [5.41, 5.74) is 1.43. The van der Waals surface area contributed by atoms with Crippen LogP contribution >= 0.6 is 22.9 Å². The monoisotopic (exact) mass is 321 g/mol. The van der Waals surface area contributed by atoms with Crippen LogP contribution in [0.5, 0.6) is 0 Å². The molecular formula is C18H24ClNS. The Morgan fingerprint density at radius 1 is 1.10 bits per heavy atom. The highest BCUT2D eigenvalue weighted by Crippen LogP contribution is 2.29. The summed E-state index contributed by atoms with van der Waals surface area (Å²) in [7, 11) is 0. The molecule has 114 valence electrons. The van der Waals surface area contributed by atoms with E-state index in [2.05, 4.69) is 55.6 Å². The zero-order chi connectivity index (χ0) is 15.1. The fraction of sp³-hybridized carbons (Fsp3) is 0.444. The molecule has 0 amide bonds. The third-order valence-electron chi connectivity index (χ3n) is 3.86. The molecule has 0 saturated heterocycles. The van der Waals surface area contributed by atoms with Crippen molar-refractivity contribution in [3.8, 4) is 0 Å². The Morgan fingerprint density at radius 3 is 2.43 bits per heavy atom. The van der Waals surface area contributed by atoms with Gasteiger partial charge in [0.15, 0.2) is 0 Å². The minimum absolute atomic E-state index is 0.465. The van der Waals surface area contributed by atoms with Gasteiger partial charge in [-0.1, -0.05) is 55.8 Å². The van der Waals surface area contributed by atoms with E-state index in [-0.39, 0.29) is 0 Å². The van der Waals surface area contributed by atoms with Gasteiger partial charge < -0.3 is 5.32 Å². The predicted molar refractivity (Wildman–Crippen MR) is 94.6 cm³/mol. The first-order valence-electron chi connectivity index (χ1n) is 7.77. The Morgan fingerprint density at radius 2 is 1.86 bits per heavy atom. The molecule has 1 aromatic heterocycles. The van der Waals surface area contributed by atoms with Crippen LogP contribution in [0.3, 0.4) is 0 Å². The van der Waals surface area contributed by atoms with Gasteiger partial charge in [0.25, 0.3) is 0 Å². The van der Waals surface area contributed by atoms with Gasteiger partial charge in [0.05, 0.1) is 4.34 Å². The first-order valence-corrected chi connectivity index (χ1v) is 8.96. The number of halogens is 1. The van der Waals surface area contributed by atoms with Crippen LogP contribution in [0.2, 0.25) is 4.34 Å². The van der Waals surface area contributed by atoms with E-state index in [4.69, 9.17) is 11.6 Å². The van der Waals surface area contributed by atoms with Gasteiger partial charge in [0.2, 0.25) is 0 Å². The lowest BCUT2D eigenvalue weighted by molar-refractivity contribution is 0.421. The number of thiophene rings is 1. The van der Waals surface area contributed by atoms with E-state index in [0.717, 1.165) is 30.1 Å². The Labute approximate surface area is 137 Å². The summed E-state index contributed by atoms with van der Waals surface area (Å²) in [5.74, 6) is 0.540. The van der Waals surface area contributed by atoms with Crippen LogP contribution < -0.4 is 5.32 Å². The van der Waals surface area contributed by atoms with Crippen molar-refractivity contribution in [1.82, 2.24) is 5.32 Å². The topological polar surface area (TPSA) is 12.0 Å². The smallest absolute Gasteiger partial charge is 0.0931 e. The normalized spacial score (nSPS) is 14.0. The van der Waals surface area contributed by atoms with Crippen LogP contribution in [0.4, 0.5) is 0 Å². The molecule has 2 atom stereocenters. The molecule has 3 heteroatoms. The van der Waals surface area contributed by atoms with E-state index in [9.17, 15) is 0 Å². The van der Waals surface area contributed by atoms with E-state index >= 15 is 0 Å². The average molecular weight is 322 g/mol. The molecule has 0 aliphatic carbocycles.